The fourth-order valence-corrected chi connectivity index (χ4v) is 3.92. The van der Waals surface area contributed by atoms with E-state index in [9.17, 15) is 9.59 Å². The van der Waals surface area contributed by atoms with Crippen LogP contribution in [0.15, 0.2) is 64.8 Å². The van der Waals surface area contributed by atoms with Crippen molar-refractivity contribution in [3.05, 3.63) is 70.9 Å². The maximum absolute atomic E-state index is 12.9. The van der Waals surface area contributed by atoms with Crippen molar-refractivity contribution in [2.75, 3.05) is 11.1 Å². The summed E-state index contributed by atoms with van der Waals surface area (Å²) < 4.78 is 5.08. The molecule has 1 aromatic carbocycles. The lowest BCUT2D eigenvalue weighted by Gasteiger charge is -2.07. The number of pyridine rings is 1. The molecule has 0 aliphatic heterocycles. The molecule has 0 fully saturated rings. The number of aromatic nitrogens is 6. The van der Waals surface area contributed by atoms with Crippen molar-refractivity contribution in [2.24, 2.45) is 14.1 Å². The minimum absolute atomic E-state index is 0.0986. The monoisotopic (exact) mass is 435 g/mol. The van der Waals surface area contributed by atoms with E-state index in [2.05, 4.69) is 20.5 Å². The molecule has 0 radical (unpaired) electrons. The quantitative estimate of drug-likeness (QED) is 0.467. The number of carbonyl (C=O) groups excluding carboxylic acids is 1. The average molecular weight is 436 g/mol. The lowest BCUT2D eigenvalue weighted by Crippen LogP contribution is -2.23. The van der Waals surface area contributed by atoms with Gasteiger partial charge in [0.2, 0.25) is 5.91 Å². The lowest BCUT2D eigenvalue weighted by atomic mass is 10.2. The first kappa shape index (κ1) is 20.6. The number of nitrogens with zero attached hydrogens (tertiary/aromatic N) is 6. The molecule has 0 bridgehead atoms. The predicted molar refractivity (Wildman–Crippen MR) is 119 cm³/mol. The van der Waals surface area contributed by atoms with Gasteiger partial charge in [-0.25, -0.2) is 4.68 Å². The van der Waals surface area contributed by atoms with Crippen LogP contribution in [-0.2, 0) is 18.9 Å². The standard InChI is InChI=1S/C21H21N7O2S/c1-14-18(20(30)28(27(14)3)16-7-5-4-6-8-16)23-17(29)13-31-21-25-24-19(26(21)2)15-9-11-22-12-10-15/h4-12H,13H2,1-3H3,(H,23,29). The third-order valence-corrected chi connectivity index (χ3v) is 5.94. The third kappa shape index (κ3) is 4.02. The van der Waals surface area contributed by atoms with Gasteiger partial charge < -0.3 is 9.88 Å². The number of nitrogens with one attached hydrogen (secondary N) is 1. The van der Waals surface area contributed by atoms with Crippen LogP contribution in [0.3, 0.4) is 0 Å². The van der Waals surface area contributed by atoms with Gasteiger partial charge in [0, 0.05) is 32.1 Å². The summed E-state index contributed by atoms with van der Waals surface area (Å²) in [5.74, 6) is 0.501. The summed E-state index contributed by atoms with van der Waals surface area (Å²) >= 11 is 1.26. The van der Waals surface area contributed by atoms with E-state index in [4.69, 9.17) is 0 Å². The Morgan fingerprint density at radius 1 is 1.06 bits per heavy atom. The third-order valence-electron chi connectivity index (χ3n) is 4.92. The molecular weight excluding hydrogens is 414 g/mol. The first-order chi connectivity index (χ1) is 15.0. The molecule has 3 heterocycles. The van der Waals surface area contributed by atoms with Gasteiger partial charge in [0.25, 0.3) is 5.56 Å². The highest BCUT2D eigenvalue weighted by molar-refractivity contribution is 7.99. The number of thioether (sulfide) groups is 1. The van der Waals surface area contributed by atoms with E-state index in [-0.39, 0.29) is 22.9 Å². The molecule has 10 heteroatoms. The maximum atomic E-state index is 12.9. The number of hydrogen-bond acceptors (Lipinski definition) is 6. The molecule has 0 spiro atoms. The van der Waals surface area contributed by atoms with Crippen LogP contribution in [0.25, 0.3) is 17.1 Å². The number of anilines is 1. The molecule has 0 aliphatic rings. The van der Waals surface area contributed by atoms with Gasteiger partial charge in [-0.15, -0.1) is 10.2 Å². The molecule has 4 rings (SSSR count). The van der Waals surface area contributed by atoms with Gasteiger partial charge in [-0.1, -0.05) is 30.0 Å². The van der Waals surface area contributed by atoms with Crippen molar-refractivity contribution in [1.29, 1.82) is 0 Å². The summed E-state index contributed by atoms with van der Waals surface area (Å²) in [6.45, 7) is 1.80. The second-order valence-electron chi connectivity index (χ2n) is 6.87. The van der Waals surface area contributed by atoms with Gasteiger partial charge in [-0.3, -0.25) is 19.3 Å². The molecule has 0 atom stereocenters. The highest BCUT2D eigenvalue weighted by Crippen LogP contribution is 2.22. The van der Waals surface area contributed by atoms with Crippen LogP contribution in [0, 0.1) is 6.92 Å². The molecule has 1 amide bonds. The van der Waals surface area contributed by atoms with E-state index in [1.807, 2.05) is 54.1 Å². The number of amides is 1. The molecule has 31 heavy (non-hydrogen) atoms. The second-order valence-corrected chi connectivity index (χ2v) is 7.82. The van der Waals surface area contributed by atoms with Crippen LogP contribution in [0.5, 0.6) is 0 Å². The van der Waals surface area contributed by atoms with E-state index in [0.717, 1.165) is 11.3 Å². The van der Waals surface area contributed by atoms with Crippen LogP contribution in [0.1, 0.15) is 5.69 Å². The van der Waals surface area contributed by atoms with Crippen molar-refractivity contribution in [3.63, 3.8) is 0 Å². The summed E-state index contributed by atoms with van der Waals surface area (Å²) in [5.41, 5.74) is 2.29. The van der Waals surface area contributed by atoms with Crippen LogP contribution < -0.4 is 10.9 Å². The molecule has 1 N–H and O–H groups in total. The van der Waals surface area contributed by atoms with Crippen LogP contribution in [0.4, 0.5) is 5.69 Å². The van der Waals surface area contributed by atoms with Gasteiger partial charge in [0.15, 0.2) is 11.0 Å². The first-order valence-electron chi connectivity index (χ1n) is 9.54. The van der Waals surface area contributed by atoms with Gasteiger partial charge >= 0.3 is 0 Å². The van der Waals surface area contributed by atoms with Crippen LogP contribution in [0.2, 0.25) is 0 Å². The Morgan fingerprint density at radius 2 is 1.77 bits per heavy atom. The smallest absolute Gasteiger partial charge is 0.295 e. The number of hydrogen-bond donors (Lipinski definition) is 1. The lowest BCUT2D eigenvalue weighted by molar-refractivity contribution is -0.113. The normalized spacial score (nSPS) is 10.9. The summed E-state index contributed by atoms with van der Waals surface area (Å²) in [7, 11) is 3.63. The van der Waals surface area contributed by atoms with Gasteiger partial charge in [-0.2, -0.15) is 0 Å². The molecule has 158 valence electrons. The second kappa shape index (κ2) is 8.60. The molecule has 0 saturated heterocycles. The zero-order valence-corrected chi connectivity index (χ0v) is 18.1. The number of benzene rings is 1. The molecule has 9 nitrogen and oxygen atoms in total. The summed E-state index contributed by atoms with van der Waals surface area (Å²) in [5, 5.41) is 11.7. The Labute approximate surface area is 182 Å². The highest BCUT2D eigenvalue weighted by Gasteiger charge is 2.19. The summed E-state index contributed by atoms with van der Waals surface area (Å²) in [4.78, 5) is 29.5. The Hall–Kier alpha value is -3.66. The largest absolute Gasteiger partial charge is 0.319 e. The maximum Gasteiger partial charge on any atom is 0.295 e. The topological polar surface area (TPSA) is 99.6 Å². The van der Waals surface area contributed by atoms with Crippen molar-refractivity contribution in [2.45, 2.75) is 12.1 Å². The van der Waals surface area contributed by atoms with Crippen molar-refractivity contribution in [1.82, 2.24) is 29.1 Å². The molecule has 0 aliphatic carbocycles. The van der Waals surface area contributed by atoms with E-state index < -0.39 is 0 Å². The van der Waals surface area contributed by atoms with Gasteiger partial charge in [0.1, 0.15) is 5.69 Å². The zero-order valence-electron chi connectivity index (χ0n) is 17.3. The average Bonchev–Trinajstić information content (AvgIpc) is 3.25. The van der Waals surface area contributed by atoms with Crippen molar-refractivity contribution >= 4 is 23.4 Å². The van der Waals surface area contributed by atoms with E-state index >= 15 is 0 Å². The van der Waals surface area contributed by atoms with Crippen molar-refractivity contribution in [3.8, 4) is 17.1 Å². The van der Waals surface area contributed by atoms with Crippen molar-refractivity contribution < 1.29 is 4.79 Å². The summed E-state index contributed by atoms with van der Waals surface area (Å²) in [6, 6.07) is 13.0. The number of para-hydroxylation sites is 1. The minimum Gasteiger partial charge on any atom is -0.319 e. The molecule has 4 aromatic rings. The van der Waals surface area contributed by atoms with Gasteiger partial charge in [-0.05, 0) is 31.2 Å². The van der Waals surface area contributed by atoms with E-state index in [1.54, 1.807) is 31.0 Å². The predicted octanol–water partition coefficient (Wildman–Crippen LogP) is 2.41. The highest BCUT2D eigenvalue weighted by atomic mass is 32.2. The van der Waals surface area contributed by atoms with E-state index in [1.165, 1.54) is 16.4 Å². The SMILES string of the molecule is Cc1c(NC(=O)CSc2nnc(-c3ccncc3)n2C)c(=O)n(-c2ccccc2)n1C. The Kier molecular flexibility index (Phi) is 5.72. The van der Waals surface area contributed by atoms with Crippen LogP contribution in [-0.4, -0.2) is 40.8 Å². The number of carbonyl (C=O) groups is 1. The molecule has 0 saturated carbocycles. The fraction of sp³-hybridized carbons (Fsp3) is 0.190. The fourth-order valence-electron chi connectivity index (χ4n) is 3.21. The first-order valence-corrected chi connectivity index (χ1v) is 10.5. The molecule has 3 aromatic heterocycles. The molecule has 0 unspecified atom stereocenters. The van der Waals surface area contributed by atoms with E-state index in [0.29, 0.717) is 16.7 Å². The summed E-state index contributed by atoms with van der Waals surface area (Å²) in [6.07, 6.45) is 3.38. The Morgan fingerprint density at radius 3 is 2.48 bits per heavy atom. The van der Waals surface area contributed by atoms with Crippen LogP contribution >= 0.6 is 11.8 Å². The Balaban J connectivity index is 1.48. The Bertz CT molecular complexity index is 1280. The molecular formula is C21H21N7O2S. The zero-order chi connectivity index (χ0) is 22.0. The number of rotatable bonds is 6. The van der Waals surface area contributed by atoms with Gasteiger partial charge in [0.05, 0.1) is 17.1 Å². The minimum atomic E-state index is -0.288.